The molecule has 0 unspecified atom stereocenters. The van der Waals surface area contributed by atoms with Gasteiger partial charge in [0.2, 0.25) is 0 Å². The van der Waals surface area contributed by atoms with Crippen molar-refractivity contribution >= 4 is 21.8 Å². The van der Waals surface area contributed by atoms with Crippen LogP contribution in [0.4, 0.5) is 0 Å². The summed E-state index contributed by atoms with van der Waals surface area (Å²) in [5, 5.41) is 2.45. The van der Waals surface area contributed by atoms with Crippen molar-refractivity contribution in [2.75, 3.05) is 0 Å². The van der Waals surface area contributed by atoms with Gasteiger partial charge >= 0.3 is 0 Å². The molecule has 4 heteroatoms. The third kappa shape index (κ3) is 4.89. The van der Waals surface area contributed by atoms with E-state index in [1.165, 1.54) is 49.7 Å². The quantitative estimate of drug-likeness (QED) is 0.172. The molecule has 1 aliphatic rings. The van der Waals surface area contributed by atoms with E-state index in [4.69, 9.17) is 15.0 Å². The average molecular weight is 715 g/mol. The fraction of sp³-hybridized carbons (Fsp3) is 0.0192. The predicted molar refractivity (Wildman–Crippen MR) is 228 cm³/mol. The molecule has 56 heavy (non-hydrogen) atoms. The van der Waals surface area contributed by atoms with Gasteiger partial charge in [0.1, 0.15) is 0 Å². The Kier molecular flexibility index (Phi) is 7.36. The molecule has 0 spiro atoms. The van der Waals surface area contributed by atoms with Crippen molar-refractivity contribution in [3.63, 3.8) is 0 Å². The molecule has 2 aromatic heterocycles. The molecular formula is C52H34N4. The zero-order valence-electron chi connectivity index (χ0n) is 30.4. The smallest absolute Gasteiger partial charge is 0.164 e. The number of hydrogen-bond donors (Lipinski definition) is 0. The van der Waals surface area contributed by atoms with Crippen molar-refractivity contribution in [1.29, 1.82) is 0 Å². The first-order valence-corrected chi connectivity index (χ1v) is 19.0. The van der Waals surface area contributed by atoms with Crippen LogP contribution in [0.3, 0.4) is 0 Å². The molecule has 0 bridgehead atoms. The molecule has 0 aliphatic heterocycles. The Morgan fingerprint density at radius 3 is 1.41 bits per heavy atom. The molecular weight excluding hydrogens is 681 g/mol. The lowest BCUT2D eigenvalue weighted by Crippen LogP contribution is -2.28. The number of hydrogen-bond acceptors (Lipinski definition) is 3. The number of fused-ring (bicyclic) bond motifs is 6. The summed E-state index contributed by atoms with van der Waals surface area (Å²) in [6, 6.07) is 73.5. The van der Waals surface area contributed by atoms with Crippen LogP contribution in [0.1, 0.15) is 22.3 Å². The Labute approximate surface area is 325 Å². The summed E-state index contributed by atoms with van der Waals surface area (Å²) in [7, 11) is 0. The molecule has 11 rings (SSSR count). The van der Waals surface area contributed by atoms with Crippen LogP contribution in [0.2, 0.25) is 0 Å². The summed E-state index contributed by atoms with van der Waals surface area (Å²) in [6.45, 7) is 0. The summed E-state index contributed by atoms with van der Waals surface area (Å²) < 4.78 is 2.40. The third-order valence-corrected chi connectivity index (χ3v) is 11.3. The van der Waals surface area contributed by atoms with Gasteiger partial charge in [-0.05, 0) is 75.8 Å². The third-order valence-electron chi connectivity index (χ3n) is 11.3. The van der Waals surface area contributed by atoms with Gasteiger partial charge in [0.15, 0.2) is 17.5 Å². The van der Waals surface area contributed by atoms with Crippen LogP contribution in [-0.2, 0) is 5.41 Å². The van der Waals surface area contributed by atoms with E-state index >= 15 is 0 Å². The van der Waals surface area contributed by atoms with Crippen LogP contribution < -0.4 is 0 Å². The molecule has 0 amide bonds. The van der Waals surface area contributed by atoms with E-state index < -0.39 is 5.41 Å². The Balaban J connectivity index is 1.11. The highest BCUT2D eigenvalue weighted by Crippen LogP contribution is 2.57. The number of para-hydroxylation sites is 1. The van der Waals surface area contributed by atoms with Crippen molar-refractivity contribution in [3.05, 3.63) is 229 Å². The molecule has 0 fully saturated rings. The Hall–Kier alpha value is -7.43. The molecule has 0 saturated carbocycles. The first kappa shape index (κ1) is 32.0. The van der Waals surface area contributed by atoms with Crippen molar-refractivity contribution in [2.24, 2.45) is 0 Å². The molecule has 8 aromatic carbocycles. The second-order valence-corrected chi connectivity index (χ2v) is 14.4. The van der Waals surface area contributed by atoms with Crippen LogP contribution in [0.25, 0.3) is 72.8 Å². The molecule has 1 aliphatic carbocycles. The van der Waals surface area contributed by atoms with Crippen LogP contribution in [0, 0.1) is 0 Å². The number of benzene rings is 8. The molecule has 0 N–H and O–H groups in total. The zero-order chi connectivity index (χ0) is 37.1. The first-order chi connectivity index (χ1) is 27.8. The first-order valence-electron chi connectivity index (χ1n) is 19.0. The Morgan fingerprint density at radius 1 is 0.339 bits per heavy atom. The number of aromatic nitrogens is 4. The summed E-state index contributed by atoms with van der Waals surface area (Å²) in [5.74, 6) is 1.94. The highest BCUT2D eigenvalue weighted by molar-refractivity contribution is 6.12. The average Bonchev–Trinajstić information content (AvgIpc) is 3.76. The lowest BCUT2D eigenvalue weighted by molar-refractivity contribution is 0.769. The topological polar surface area (TPSA) is 43.6 Å². The summed E-state index contributed by atoms with van der Waals surface area (Å²) in [4.78, 5) is 14.9. The highest BCUT2D eigenvalue weighted by Gasteiger charge is 2.46. The van der Waals surface area contributed by atoms with E-state index in [0.717, 1.165) is 27.9 Å². The highest BCUT2D eigenvalue weighted by atomic mass is 15.0. The minimum absolute atomic E-state index is 0.463. The molecule has 0 saturated heterocycles. The fourth-order valence-electron chi connectivity index (χ4n) is 8.88. The van der Waals surface area contributed by atoms with E-state index in [0.29, 0.717) is 17.5 Å². The number of nitrogens with zero attached hydrogens (tertiary/aromatic N) is 4. The van der Waals surface area contributed by atoms with Gasteiger partial charge in [-0.15, -0.1) is 0 Å². The monoisotopic (exact) mass is 714 g/mol. The molecule has 262 valence electrons. The molecule has 4 nitrogen and oxygen atoms in total. The standard InChI is InChI=1S/C52H34N4/c1-5-17-35(18-6-1)49-53-50(36-19-7-2-8-20-36)55-51(54-49)37-29-31-40(32-30-37)56-47-28-16-14-26-42(47)44-33-46-43(34-48(44)56)41-25-13-15-27-45(41)52(46,38-21-9-3-10-22-38)39-23-11-4-12-24-39/h1-34H. The summed E-state index contributed by atoms with van der Waals surface area (Å²) in [5.41, 5.74) is 13.4. The minimum Gasteiger partial charge on any atom is -0.309 e. The van der Waals surface area contributed by atoms with Crippen LogP contribution in [0.15, 0.2) is 206 Å². The summed E-state index contributed by atoms with van der Waals surface area (Å²) >= 11 is 0. The van der Waals surface area contributed by atoms with Crippen molar-refractivity contribution in [3.8, 4) is 51.0 Å². The van der Waals surface area contributed by atoms with Gasteiger partial charge in [-0.1, -0.05) is 164 Å². The van der Waals surface area contributed by atoms with Gasteiger partial charge in [0.25, 0.3) is 0 Å². The van der Waals surface area contributed by atoms with Gasteiger partial charge in [-0.2, -0.15) is 0 Å². The van der Waals surface area contributed by atoms with E-state index in [-0.39, 0.29) is 0 Å². The van der Waals surface area contributed by atoms with Crippen molar-refractivity contribution in [1.82, 2.24) is 19.5 Å². The van der Waals surface area contributed by atoms with Crippen molar-refractivity contribution < 1.29 is 0 Å². The molecule has 10 aromatic rings. The molecule has 2 heterocycles. The predicted octanol–water partition coefficient (Wildman–Crippen LogP) is 12.3. The second-order valence-electron chi connectivity index (χ2n) is 14.4. The van der Waals surface area contributed by atoms with Gasteiger partial charge in [-0.25, -0.2) is 15.0 Å². The van der Waals surface area contributed by atoms with Crippen molar-refractivity contribution in [2.45, 2.75) is 5.41 Å². The normalized spacial score (nSPS) is 12.8. The zero-order valence-corrected chi connectivity index (χ0v) is 30.4. The van der Waals surface area contributed by atoms with E-state index in [1.54, 1.807) is 0 Å². The maximum Gasteiger partial charge on any atom is 0.164 e. The largest absolute Gasteiger partial charge is 0.309 e. The SMILES string of the molecule is c1ccc(-c2nc(-c3ccccc3)nc(-c3ccc(-n4c5ccccc5c5cc6c(cc54)-c4ccccc4C6(c4ccccc4)c4ccccc4)cc3)n2)cc1. The van der Waals surface area contributed by atoms with Crippen LogP contribution in [-0.4, -0.2) is 19.5 Å². The Morgan fingerprint density at radius 2 is 0.821 bits per heavy atom. The van der Waals surface area contributed by atoms with E-state index in [2.05, 4.69) is 150 Å². The second kappa shape index (κ2) is 12.9. The van der Waals surface area contributed by atoms with Gasteiger partial charge in [-0.3, -0.25) is 0 Å². The Bertz CT molecular complexity index is 2950. The fourth-order valence-corrected chi connectivity index (χ4v) is 8.88. The lowest BCUT2D eigenvalue weighted by Gasteiger charge is -2.33. The van der Waals surface area contributed by atoms with E-state index in [9.17, 15) is 0 Å². The lowest BCUT2D eigenvalue weighted by atomic mass is 9.67. The molecule has 0 atom stereocenters. The maximum absolute atomic E-state index is 4.99. The molecule has 0 radical (unpaired) electrons. The van der Waals surface area contributed by atoms with Gasteiger partial charge in [0, 0.05) is 33.2 Å². The van der Waals surface area contributed by atoms with Crippen LogP contribution in [0.5, 0.6) is 0 Å². The van der Waals surface area contributed by atoms with E-state index in [1.807, 2.05) is 60.7 Å². The summed E-state index contributed by atoms with van der Waals surface area (Å²) in [6.07, 6.45) is 0. The maximum atomic E-state index is 4.99. The minimum atomic E-state index is -0.463. The van der Waals surface area contributed by atoms with Gasteiger partial charge in [0.05, 0.1) is 16.4 Å². The number of rotatable bonds is 6. The van der Waals surface area contributed by atoms with Crippen LogP contribution >= 0.6 is 0 Å². The van der Waals surface area contributed by atoms with Gasteiger partial charge < -0.3 is 4.57 Å².